The lowest BCUT2D eigenvalue weighted by Gasteiger charge is -2.22. The molecule has 0 fully saturated rings. The molecule has 0 aliphatic heterocycles. The van der Waals surface area contributed by atoms with E-state index < -0.39 is 0 Å². The van der Waals surface area contributed by atoms with Crippen LogP contribution in [-0.2, 0) is 5.41 Å². The zero-order valence-electron chi connectivity index (χ0n) is 25.8. The van der Waals surface area contributed by atoms with E-state index in [4.69, 9.17) is 0 Å². The van der Waals surface area contributed by atoms with E-state index in [1.807, 2.05) is 11.3 Å². The summed E-state index contributed by atoms with van der Waals surface area (Å²) in [4.78, 5) is 0. The van der Waals surface area contributed by atoms with Gasteiger partial charge in [-0.15, -0.1) is 11.3 Å². The Hall–Kier alpha value is -5.24. The number of thiophene rings is 1. The molecule has 0 saturated heterocycles. The Kier molecular flexibility index (Phi) is 5.31. The first kappa shape index (κ1) is 26.0. The Balaban J connectivity index is 1.28. The molecule has 1 aliphatic carbocycles. The summed E-state index contributed by atoms with van der Waals surface area (Å²) >= 11 is 1.91. The molecule has 0 bridgehead atoms. The summed E-state index contributed by atoms with van der Waals surface area (Å²) in [6.07, 6.45) is 0. The number of hydrogen-bond donors (Lipinski definition) is 0. The van der Waals surface area contributed by atoms with Gasteiger partial charge in [-0.2, -0.15) is 0 Å². The number of rotatable bonds is 2. The van der Waals surface area contributed by atoms with E-state index >= 15 is 0 Å². The van der Waals surface area contributed by atoms with Gasteiger partial charge in [-0.3, -0.25) is 0 Å². The maximum absolute atomic E-state index is 2.45. The Morgan fingerprint density at radius 3 is 1.70 bits per heavy atom. The molecule has 216 valence electrons. The monoisotopic (exact) mass is 602 g/mol. The van der Waals surface area contributed by atoms with Gasteiger partial charge in [-0.05, 0) is 83.6 Å². The maximum Gasteiger partial charge on any atom is 0.0434 e. The summed E-state index contributed by atoms with van der Waals surface area (Å²) in [7, 11) is 0. The molecular weight excluding hydrogens is 573 g/mol. The first-order valence-corrected chi connectivity index (χ1v) is 16.9. The second-order valence-corrected chi connectivity index (χ2v) is 14.3. The summed E-state index contributed by atoms with van der Waals surface area (Å²) in [6, 6.07) is 54.5. The SMILES string of the molecule is CC1(C)c2ccccc2-c2cc(-c3c4ccccc4c(-c4cccc5c4ccc4c6ccccc6sc54)c4ccccc34)ccc21. The Morgan fingerprint density at radius 1 is 0.391 bits per heavy atom. The van der Waals surface area contributed by atoms with E-state index in [1.54, 1.807) is 0 Å². The minimum atomic E-state index is -0.00729. The highest BCUT2D eigenvalue weighted by atomic mass is 32.1. The van der Waals surface area contributed by atoms with Crippen LogP contribution in [0.15, 0.2) is 146 Å². The lowest BCUT2D eigenvalue weighted by Crippen LogP contribution is -2.14. The first-order valence-electron chi connectivity index (χ1n) is 16.1. The minimum Gasteiger partial charge on any atom is -0.135 e. The normalized spacial score (nSPS) is 13.6. The second-order valence-electron chi connectivity index (χ2n) is 13.2. The molecule has 46 heavy (non-hydrogen) atoms. The van der Waals surface area contributed by atoms with Crippen LogP contribution in [0.2, 0.25) is 0 Å². The topological polar surface area (TPSA) is 0 Å². The fourth-order valence-corrected chi connectivity index (χ4v) is 9.59. The van der Waals surface area contributed by atoms with E-state index in [0.717, 1.165) is 0 Å². The zero-order chi connectivity index (χ0) is 30.6. The summed E-state index contributed by atoms with van der Waals surface area (Å²) in [6.45, 7) is 4.71. The number of hydrogen-bond acceptors (Lipinski definition) is 1. The van der Waals surface area contributed by atoms with Crippen molar-refractivity contribution in [2.24, 2.45) is 0 Å². The third-order valence-corrected chi connectivity index (χ3v) is 11.7. The molecule has 1 heteroatoms. The fraction of sp³-hybridized carbons (Fsp3) is 0.0667. The molecule has 8 aromatic carbocycles. The van der Waals surface area contributed by atoms with Crippen LogP contribution >= 0.6 is 11.3 Å². The molecule has 10 rings (SSSR count). The Bertz CT molecular complexity index is 2660. The van der Waals surface area contributed by atoms with E-state index in [1.165, 1.54) is 97.0 Å². The predicted molar refractivity (Wildman–Crippen MR) is 200 cm³/mol. The standard InChI is InChI=1S/C45H30S/c1-45(2)39-20-9-7-12-29(39)38-26-27(22-25-40(38)45)42-32-14-3-5-16-34(32)43(35-17-6-4-15-33(35)42)31-18-11-19-36-28(31)23-24-37-30-13-8-10-21-41(30)46-44(36)37/h3-26H,1-2H3. The molecule has 0 amide bonds. The van der Waals surface area contributed by atoms with E-state index in [2.05, 4.69) is 159 Å². The van der Waals surface area contributed by atoms with Crippen LogP contribution in [0.3, 0.4) is 0 Å². The van der Waals surface area contributed by atoms with Crippen molar-refractivity contribution in [1.29, 1.82) is 0 Å². The molecular formula is C45H30S. The molecule has 0 unspecified atom stereocenters. The lowest BCUT2D eigenvalue weighted by atomic mass is 9.81. The van der Waals surface area contributed by atoms with Gasteiger partial charge in [-0.1, -0.05) is 147 Å². The van der Waals surface area contributed by atoms with Crippen LogP contribution in [-0.4, -0.2) is 0 Å². The van der Waals surface area contributed by atoms with Gasteiger partial charge in [0.1, 0.15) is 0 Å². The van der Waals surface area contributed by atoms with Crippen LogP contribution < -0.4 is 0 Å². The molecule has 0 nitrogen and oxygen atoms in total. The van der Waals surface area contributed by atoms with E-state index in [0.29, 0.717) is 0 Å². The Morgan fingerprint density at radius 2 is 0.935 bits per heavy atom. The quantitative estimate of drug-likeness (QED) is 0.173. The van der Waals surface area contributed by atoms with Crippen molar-refractivity contribution in [2.75, 3.05) is 0 Å². The summed E-state index contributed by atoms with van der Waals surface area (Å²) in [5.74, 6) is 0. The van der Waals surface area contributed by atoms with Crippen molar-refractivity contribution in [3.05, 3.63) is 157 Å². The molecule has 9 aromatic rings. The van der Waals surface area contributed by atoms with E-state index in [9.17, 15) is 0 Å². The van der Waals surface area contributed by atoms with Gasteiger partial charge in [-0.25, -0.2) is 0 Å². The summed E-state index contributed by atoms with van der Waals surface area (Å²) < 4.78 is 2.71. The predicted octanol–water partition coefficient (Wildman–Crippen LogP) is 13.2. The summed E-state index contributed by atoms with van der Waals surface area (Å²) in [5, 5.41) is 10.5. The van der Waals surface area contributed by atoms with Gasteiger partial charge in [0.15, 0.2) is 0 Å². The van der Waals surface area contributed by atoms with Crippen molar-refractivity contribution < 1.29 is 0 Å². The molecule has 0 N–H and O–H groups in total. The average Bonchev–Trinajstić information content (AvgIpc) is 3.59. The third kappa shape index (κ3) is 3.44. The number of fused-ring (bicyclic) bond motifs is 10. The van der Waals surface area contributed by atoms with Gasteiger partial charge in [0.05, 0.1) is 0 Å². The van der Waals surface area contributed by atoms with Crippen molar-refractivity contribution in [2.45, 2.75) is 19.3 Å². The van der Waals surface area contributed by atoms with Crippen molar-refractivity contribution in [3.8, 4) is 33.4 Å². The summed E-state index contributed by atoms with van der Waals surface area (Å²) in [5.41, 5.74) is 10.7. The molecule has 0 radical (unpaired) electrons. The highest BCUT2D eigenvalue weighted by molar-refractivity contribution is 7.26. The maximum atomic E-state index is 2.45. The smallest absolute Gasteiger partial charge is 0.0434 e. The van der Waals surface area contributed by atoms with Crippen molar-refractivity contribution >= 4 is 63.8 Å². The number of benzene rings is 8. The Labute approximate surface area is 272 Å². The molecule has 0 atom stereocenters. The largest absolute Gasteiger partial charge is 0.135 e. The molecule has 0 spiro atoms. The van der Waals surface area contributed by atoms with Crippen LogP contribution in [0.1, 0.15) is 25.0 Å². The van der Waals surface area contributed by atoms with Gasteiger partial charge in [0, 0.05) is 31.0 Å². The van der Waals surface area contributed by atoms with Crippen LogP contribution in [0.25, 0.3) is 85.9 Å². The minimum absolute atomic E-state index is 0.00729. The molecule has 1 heterocycles. The third-order valence-electron chi connectivity index (χ3n) is 10.5. The molecule has 1 aromatic heterocycles. The van der Waals surface area contributed by atoms with Crippen LogP contribution in [0.4, 0.5) is 0 Å². The van der Waals surface area contributed by atoms with Gasteiger partial charge >= 0.3 is 0 Å². The van der Waals surface area contributed by atoms with E-state index in [-0.39, 0.29) is 5.41 Å². The average molecular weight is 603 g/mol. The van der Waals surface area contributed by atoms with Gasteiger partial charge in [0.2, 0.25) is 0 Å². The molecule has 0 saturated carbocycles. The molecule has 1 aliphatic rings. The highest BCUT2D eigenvalue weighted by Crippen LogP contribution is 2.52. The van der Waals surface area contributed by atoms with Gasteiger partial charge < -0.3 is 0 Å². The zero-order valence-corrected chi connectivity index (χ0v) is 26.6. The van der Waals surface area contributed by atoms with Crippen LogP contribution in [0, 0.1) is 0 Å². The van der Waals surface area contributed by atoms with Crippen LogP contribution in [0.5, 0.6) is 0 Å². The highest BCUT2D eigenvalue weighted by Gasteiger charge is 2.35. The fourth-order valence-electron chi connectivity index (χ4n) is 8.36. The second kappa shape index (κ2) is 9.39. The van der Waals surface area contributed by atoms with Crippen molar-refractivity contribution in [3.63, 3.8) is 0 Å². The van der Waals surface area contributed by atoms with Crippen molar-refractivity contribution in [1.82, 2.24) is 0 Å². The first-order chi connectivity index (χ1) is 22.6. The van der Waals surface area contributed by atoms with Gasteiger partial charge in [0.25, 0.3) is 0 Å². The lowest BCUT2D eigenvalue weighted by molar-refractivity contribution is 0.660.